The predicted octanol–water partition coefficient (Wildman–Crippen LogP) is 5.10. The van der Waals surface area contributed by atoms with Crippen LogP contribution in [-0.4, -0.2) is 14.3 Å². The molecule has 0 spiro atoms. The fraction of sp³-hybridized carbons (Fsp3) is 0.160. The molecule has 4 rings (SSSR count). The second-order valence-electron chi connectivity index (χ2n) is 7.66. The highest BCUT2D eigenvalue weighted by atomic mass is 32.2. The smallest absolute Gasteiger partial charge is 0.263 e. The first kappa shape index (κ1) is 23.7. The molecule has 2 aromatic heterocycles. The molecular weight excluding hydrogens is 472 g/mol. The average Bonchev–Trinajstić information content (AvgIpc) is 3.52. The molecule has 176 valence electrons. The van der Waals surface area contributed by atoms with Crippen LogP contribution >= 0.6 is 11.3 Å². The van der Waals surface area contributed by atoms with E-state index in [1.54, 1.807) is 23.8 Å². The number of aryl methyl sites for hydroxylation is 1. The van der Waals surface area contributed by atoms with E-state index >= 15 is 0 Å². The van der Waals surface area contributed by atoms with E-state index in [1.807, 2.05) is 55.5 Å². The van der Waals surface area contributed by atoms with Gasteiger partial charge in [0.05, 0.1) is 12.9 Å². The standard InChI is InChI=1S/C25H24N2O5S2/c1-18-7-9-21(10-8-18)27-34(29,30)23-11-13-33-24(23)25(28)26-15-19-4-2-5-20(14-19)16-31-17-22-6-3-12-32-22/h2-14,27H,15-17H2,1H3,(H,26,28). The first-order valence-electron chi connectivity index (χ1n) is 10.5. The molecule has 0 radical (unpaired) electrons. The van der Waals surface area contributed by atoms with Gasteiger partial charge in [-0.25, -0.2) is 8.42 Å². The highest BCUT2D eigenvalue weighted by Crippen LogP contribution is 2.25. The number of hydrogen-bond acceptors (Lipinski definition) is 6. The molecule has 0 fully saturated rings. The third kappa shape index (κ3) is 6.13. The van der Waals surface area contributed by atoms with Gasteiger partial charge in [0.15, 0.2) is 0 Å². The van der Waals surface area contributed by atoms with Crippen molar-refractivity contribution in [3.8, 4) is 0 Å². The van der Waals surface area contributed by atoms with Gasteiger partial charge >= 0.3 is 0 Å². The number of ether oxygens (including phenoxy) is 1. The number of rotatable bonds is 10. The van der Waals surface area contributed by atoms with Crippen molar-refractivity contribution in [2.24, 2.45) is 0 Å². The average molecular weight is 497 g/mol. The van der Waals surface area contributed by atoms with Crippen molar-refractivity contribution < 1.29 is 22.4 Å². The summed E-state index contributed by atoms with van der Waals surface area (Å²) >= 11 is 1.09. The maximum atomic E-state index is 12.9. The molecule has 0 bridgehead atoms. The van der Waals surface area contributed by atoms with Crippen LogP contribution in [0, 0.1) is 6.92 Å². The molecule has 2 N–H and O–H groups in total. The normalized spacial score (nSPS) is 11.3. The summed E-state index contributed by atoms with van der Waals surface area (Å²) < 4.78 is 39.2. The third-order valence-corrected chi connectivity index (χ3v) is 7.43. The van der Waals surface area contributed by atoms with Crippen molar-refractivity contribution in [2.45, 2.75) is 31.6 Å². The first-order chi connectivity index (χ1) is 16.4. The maximum Gasteiger partial charge on any atom is 0.263 e. The van der Waals surface area contributed by atoms with Crippen LogP contribution in [0.4, 0.5) is 5.69 Å². The second-order valence-corrected chi connectivity index (χ2v) is 10.2. The third-order valence-electron chi connectivity index (χ3n) is 4.97. The van der Waals surface area contributed by atoms with Gasteiger partial charge in [0.2, 0.25) is 0 Å². The highest BCUT2D eigenvalue weighted by molar-refractivity contribution is 7.93. The number of thiophene rings is 1. The maximum absolute atomic E-state index is 12.9. The van der Waals surface area contributed by atoms with Gasteiger partial charge in [-0.3, -0.25) is 9.52 Å². The van der Waals surface area contributed by atoms with Gasteiger partial charge in [-0.15, -0.1) is 11.3 Å². The summed E-state index contributed by atoms with van der Waals surface area (Å²) in [7, 11) is -3.90. The van der Waals surface area contributed by atoms with E-state index in [2.05, 4.69) is 10.0 Å². The van der Waals surface area contributed by atoms with E-state index in [0.717, 1.165) is 33.8 Å². The Kier molecular flexibility index (Phi) is 7.46. The Morgan fingerprint density at radius 2 is 1.79 bits per heavy atom. The summed E-state index contributed by atoms with van der Waals surface area (Å²) in [5, 5.41) is 4.41. The molecule has 34 heavy (non-hydrogen) atoms. The predicted molar refractivity (Wildman–Crippen MR) is 131 cm³/mol. The lowest BCUT2D eigenvalue weighted by molar-refractivity contribution is 0.0928. The number of sulfonamides is 1. The summed E-state index contributed by atoms with van der Waals surface area (Å²) in [6.07, 6.45) is 1.60. The molecule has 0 unspecified atom stereocenters. The molecule has 0 saturated heterocycles. The molecule has 2 aromatic carbocycles. The summed E-state index contributed by atoms with van der Waals surface area (Å²) in [5.41, 5.74) is 3.30. The van der Waals surface area contributed by atoms with Crippen LogP contribution in [-0.2, 0) is 34.5 Å². The van der Waals surface area contributed by atoms with Crippen molar-refractivity contribution >= 4 is 33.0 Å². The molecule has 0 atom stereocenters. The Balaban J connectivity index is 1.36. The molecule has 7 nitrogen and oxygen atoms in total. The number of carbonyl (C=O) groups is 1. The summed E-state index contributed by atoms with van der Waals surface area (Å²) in [6.45, 7) is 2.96. The van der Waals surface area contributed by atoms with Crippen LogP contribution in [0.1, 0.15) is 32.1 Å². The zero-order chi connectivity index (χ0) is 24.0. The Bertz CT molecular complexity index is 1340. The van der Waals surface area contributed by atoms with Crippen LogP contribution in [0.3, 0.4) is 0 Å². The minimum atomic E-state index is -3.90. The van der Waals surface area contributed by atoms with Crippen LogP contribution in [0.2, 0.25) is 0 Å². The number of benzene rings is 2. The van der Waals surface area contributed by atoms with Gasteiger partial charge in [-0.1, -0.05) is 42.0 Å². The topological polar surface area (TPSA) is 97.6 Å². The van der Waals surface area contributed by atoms with Crippen molar-refractivity contribution in [1.82, 2.24) is 5.32 Å². The molecule has 2 heterocycles. The fourth-order valence-electron chi connectivity index (χ4n) is 3.26. The Morgan fingerprint density at radius 1 is 1.00 bits per heavy atom. The number of carbonyl (C=O) groups excluding carboxylic acids is 1. The zero-order valence-electron chi connectivity index (χ0n) is 18.5. The lowest BCUT2D eigenvalue weighted by Crippen LogP contribution is -2.24. The number of furan rings is 1. The van der Waals surface area contributed by atoms with Gasteiger partial charge in [0, 0.05) is 12.2 Å². The molecule has 4 aromatic rings. The SMILES string of the molecule is Cc1ccc(NS(=O)(=O)c2ccsc2C(=O)NCc2cccc(COCc3ccco3)c2)cc1. The molecule has 0 aliphatic heterocycles. The molecule has 0 aliphatic rings. The van der Waals surface area contributed by atoms with Gasteiger partial charge in [-0.2, -0.15) is 0 Å². The summed E-state index contributed by atoms with van der Waals surface area (Å²) in [5.74, 6) is 0.306. The van der Waals surface area contributed by atoms with E-state index in [9.17, 15) is 13.2 Å². The van der Waals surface area contributed by atoms with Crippen molar-refractivity contribution in [1.29, 1.82) is 0 Å². The zero-order valence-corrected chi connectivity index (χ0v) is 20.1. The number of anilines is 1. The molecule has 1 amide bonds. The lowest BCUT2D eigenvalue weighted by atomic mass is 10.1. The van der Waals surface area contributed by atoms with Crippen molar-refractivity contribution in [3.05, 3.63) is 106 Å². The van der Waals surface area contributed by atoms with Crippen LogP contribution in [0.25, 0.3) is 0 Å². The van der Waals surface area contributed by atoms with Crippen molar-refractivity contribution in [2.75, 3.05) is 4.72 Å². The van der Waals surface area contributed by atoms with Gasteiger partial charge in [-0.05, 0) is 53.8 Å². The minimum absolute atomic E-state index is 0.0457. The van der Waals surface area contributed by atoms with E-state index in [1.165, 1.54) is 6.07 Å². The molecular formula is C25H24N2O5S2. The first-order valence-corrected chi connectivity index (χ1v) is 12.9. The van der Waals surface area contributed by atoms with E-state index in [0.29, 0.717) is 18.9 Å². The van der Waals surface area contributed by atoms with Gasteiger partial charge in [0.25, 0.3) is 15.9 Å². The largest absolute Gasteiger partial charge is 0.467 e. The van der Waals surface area contributed by atoms with E-state index in [4.69, 9.17) is 9.15 Å². The number of nitrogens with one attached hydrogen (secondary N) is 2. The summed E-state index contributed by atoms with van der Waals surface area (Å²) in [4.78, 5) is 12.9. The number of hydrogen-bond donors (Lipinski definition) is 2. The van der Waals surface area contributed by atoms with Crippen LogP contribution in [0.15, 0.2) is 87.7 Å². The fourth-order valence-corrected chi connectivity index (χ4v) is 5.67. The van der Waals surface area contributed by atoms with Gasteiger partial charge < -0.3 is 14.5 Å². The monoisotopic (exact) mass is 496 g/mol. The Hall–Kier alpha value is -3.40. The van der Waals surface area contributed by atoms with Crippen LogP contribution < -0.4 is 10.0 Å². The lowest BCUT2D eigenvalue weighted by Gasteiger charge is -2.10. The Labute approximate surface area is 202 Å². The molecule has 9 heteroatoms. The quantitative estimate of drug-likeness (QED) is 0.318. The van der Waals surface area contributed by atoms with E-state index in [-0.39, 0.29) is 16.3 Å². The van der Waals surface area contributed by atoms with E-state index < -0.39 is 15.9 Å². The Morgan fingerprint density at radius 3 is 2.56 bits per heavy atom. The molecule has 0 aliphatic carbocycles. The van der Waals surface area contributed by atoms with Crippen LogP contribution in [0.5, 0.6) is 0 Å². The molecule has 0 saturated carbocycles. The van der Waals surface area contributed by atoms with Gasteiger partial charge in [0.1, 0.15) is 22.1 Å². The highest BCUT2D eigenvalue weighted by Gasteiger charge is 2.24. The minimum Gasteiger partial charge on any atom is -0.467 e. The van der Waals surface area contributed by atoms with Crippen molar-refractivity contribution in [3.63, 3.8) is 0 Å². The second kappa shape index (κ2) is 10.7. The number of amides is 1. The summed E-state index contributed by atoms with van der Waals surface area (Å²) in [6, 6.07) is 19.8.